The predicted octanol–water partition coefficient (Wildman–Crippen LogP) is 3.83. The quantitative estimate of drug-likeness (QED) is 0.286. The largest absolute Gasteiger partial charge is 0.508 e. The maximum Gasteiger partial charge on any atom is 0.338 e. The molecule has 1 saturated heterocycles. The molecule has 10 heteroatoms. The number of hydrogen-bond donors (Lipinski definition) is 4. The first-order valence-electron chi connectivity index (χ1n) is 13.2. The Labute approximate surface area is 232 Å². The number of phenols is 1. The van der Waals surface area contributed by atoms with Crippen molar-refractivity contribution in [2.45, 2.75) is 38.4 Å². The van der Waals surface area contributed by atoms with Crippen molar-refractivity contribution >= 4 is 23.6 Å². The van der Waals surface area contributed by atoms with E-state index in [1.165, 1.54) is 24.3 Å². The molecule has 210 valence electrons. The van der Waals surface area contributed by atoms with Crippen molar-refractivity contribution < 1.29 is 28.6 Å². The third-order valence-corrected chi connectivity index (χ3v) is 6.59. The molecular formula is C30H33FN4O5. The number of phenolic OH excluding ortho intramolecular Hbond substituents is 1. The van der Waals surface area contributed by atoms with Gasteiger partial charge in [0.05, 0.1) is 12.2 Å². The Morgan fingerprint density at radius 2 is 1.68 bits per heavy atom. The van der Waals surface area contributed by atoms with Crippen LogP contribution in [-0.2, 0) is 22.5 Å². The van der Waals surface area contributed by atoms with E-state index >= 15 is 0 Å². The highest BCUT2D eigenvalue weighted by molar-refractivity contribution is 5.95. The van der Waals surface area contributed by atoms with Gasteiger partial charge in [-0.15, -0.1) is 0 Å². The van der Waals surface area contributed by atoms with Crippen molar-refractivity contribution in [2.75, 3.05) is 25.0 Å². The van der Waals surface area contributed by atoms with Gasteiger partial charge in [-0.1, -0.05) is 24.3 Å². The summed E-state index contributed by atoms with van der Waals surface area (Å²) in [5.41, 5.74) is 2.57. The summed E-state index contributed by atoms with van der Waals surface area (Å²) in [5.74, 6) is -0.948. The number of carbonyl (C=O) groups is 3. The lowest BCUT2D eigenvalue weighted by Crippen LogP contribution is -2.52. The molecule has 0 saturated carbocycles. The van der Waals surface area contributed by atoms with Crippen LogP contribution in [0.4, 0.5) is 14.9 Å². The summed E-state index contributed by atoms with van der Waals surface area (Å²) in [5, 5.41) is 18.1. The van der Waals surface area contributed by atoms with Crippen molar-refractivity contribution in [1.29, 1.82) is 0 Å². The molecule has 0 bridgehead atoms. The highest BCUT2D eigenvalue weighted by Gasteiger charge is 2.28. The molecular weight excluding hydrogens is 515 g/mol. The van der Waals surface area contributed by atoms with E-state index < -0.39 is 18.0 Å². The molecule has 3 aromatic rings. The summed E-state index contributed by atoms with van der Waals surface area (Å²) >= 11 is 0. The summed E-state index contributed by atoms with van der Waals surface area (Å²) in [4.78, 5) is 40.2. The van der Waals surface area contributed by atoms with Gasteiger partial charge in [0.15, 0.2) is 0 Å². The number of ether oxygens (including phenoxy) is 1. The molecule has 0 aromatic heterocycles. The van der Waals surface area contributed by atoms with Crippen molar-refractivity contribution in [3.8, 4) is 5.75 Å². The first kappa shape index (κ1) is 28.6. The number of anilines is 1. The van der Waals surface area contributed by atoms with E-state index in [-0.39, 0.29) is 36.5 Å². The minimum absolute atomic E-state index is 0.101. The van der Waals surface area contributed by atoms with Crippen LogP contribution in [-0.4, -0.2) is 59.7 Å². The first-order valence-corrected chi connectivity index (χ1v) is 13.2. The van der Waals surface area contributed by atoms with E-state index in [4.69, 9.17) is 4.74 Å². The number of likely N-dealkylation sites (tertiary alicyclic amines) is 1. The van der Waals surface area contributed by atoms with Crippen LogP contribution in [0.5, 0.6) is 5.75 Å². The number of halogens is 1. The molecule has 1 aliphatic rings. The Morgan fingerprint density at radius 3 is 2.35 bits per heavy atom. The van der Waals surface area contributed by atoms with Gasteiger partial charge < -0.3 is 25.8 Å². The second-order valence-corrected chi connectivity index (χ2v) is 9.68. The fraction of sp³-hybridized carbons (Fsp3) is 0.300. The molecule has 0 spiro atoms. The maximum absolute atomic E-state index is 13.3. The molecule has 0 aliphatic carbocycles. The fourth-order valence-electron chi connectivity index (χ4n) is 4.55. The Bertz CT molecular complexity index is 1300. The van der Waals surface area contributed by atoms with Crippen LogP contribution < -0.4 is 16.0 Å². The second kappa shape index (κ2) is 13.6. The minimum Gasteiger partial charge on any atom is -0.508 e. The summed E-state index contributed by atoms with van der Waals surface area (Å²) in [6.45, 7) is 4.05. The van der Waals surface area contributed by atoms with E-state index in [0.29, 0.717) is 24.3 Å². The number of nitrogens with one attached hydrogen (secondary N) is 3. The number of amides is 3. The van der Waals surface area contributed by atoms with Gasteiger partial charge in [-0.25, -0.2) is 14.0 Å². The van der Waals surface area contributed by atoms with Gasteiger partial charge in [-0.3, -0.25) is 9.69 Å². The summed E-state index contributed by atoms with van der Waals surface area (Å²) in [6.07, 6.45) is 0.964. The number of urea groups is 1. The molecule has 40 heavy (non-hydrogen) atoms. The molecule has 3 amide bonds. The van der Waals surface area contributed by atoms with Crippen LogP contribution >= 0.6 is 0 Å². The molecule has 2 atom stereocenters. The van der Waals surface area contributed by atoms with E-state index in [0.717, 1.165) is 24.1 Å². The Hall–Kier alpha value is -4.44. The average Bonchev–Trinajstić information content (AvgIpc) is 3.37. The Balaban J connectivity index is 1.37. The van der Waals surface area contributed by atoms with Crippen LogP contribution in [0.2, 0.25) is 0 Å². The fourth-order valence-corrected chi connectivity index (χ4v) is 4.55. The van der Waals surface area contributed by atoms with Crippen molar-refractivity contribution in [3.63, 3.8) is 0 Å². The normalized spacial score (nSPS) is 15.7. The molecule has 4 N–H and O–H groups in total. The van der Waals surface area contributed by atoms with Crippen LogP contribution in [0, 0.1) is 5.82 Å². The van der Waals surface area contributed by atoms with Crippen molar-refractivity contribution in [2.24, 2.45) is 0 Å². The standard InChI is InChI=1S/C30H33FN4O5/c1-2-40-29(38)22-7-11-24(12-8-22)33-30(39)34-27(17-20-5-13-26(36)14-6-20)28(37)32-25-15-16-35(19-25)18-21-3-9-23(31)10-4-21/h3-14,25,27,36H,2,15-19H2,1H3,(H,32,37)(H2,33,34,39)/t25?,27-/m0/s1. The van der Waals surface area contributed by atoms with Gasteiger partial charge in [0, 0.05) is 37.8 Å². The zero-order valence-corrected chi connectivity index (χ0v) is 22.2. The highest BCUT2D eigenvalue weighted by atomic mass is 19.1. The molecule has 4 rings (SSSR count). The number of aromatic hydroxyl groups is 1. The van der Waals surface area contributed by atoms with Gasteiger partial charge in [-0.05, 0) is 73.0 Å². The number of nitrogens with zero attached hydrogens (tertiary/aromatic N) is 1. The zero-order valence-electron chi connectivity index (χ0n) is 22.2. The molecule has 1 fully saturated rings. The van der Waals surface area contributed by atoms with Gasteiger partial charge in [-0.2, -0.15) is 0 Å². The maximum atomic E-state index is 13.3. The minimum atomic E-state index is -0.880. The lowest BCUT2D eigenvalue weighted by atomic mass is 10.0. The number of esters is 1. The molecule has 0 radical (unpaired) electrons. The lowest BCUT2D eigenvalue weighted by Gasteiger charge is -2.22. The SMILES string of the molecule is CCOC(=O)c1ccc(NC(=O)N[C@@H](Cc2ccc(O)cc2)C(=O)NC2CCN(Cc3ccc(F)cc3)C2)cc1. The van der Waals surface area contributed by atoms with E-state index in [1.54, 1.807) is 55.5 Å². The number of carbonyl (C=O) groups excluding carboxylic acids is 3. The highest BCUT2D eigenvalue weighted by Crippen LogP contribution is 2.16. The van der Waals surface area contributed by atoms with Crippen molar-refractivity contribution in [1.82, 2.24) is 15.5 Å². The Kier molecular flexibility index (Phi) is 9.69. The average molecular weight is 549 g/mol. The molecule has 1 aliphatic heterocycles. The first-order chi connectivity index (χ1) is 19.3. The predicted molar refractivity (Wildman–Crippen MR) is 148 cm³/mol. The van der Waals surface area contributed by atoms with Gasteiger partial charge in [0.2, 0.25) is 5.91 Å². The molecule has 3 aromatic carbocycles. The molecule has 1 unspecified atom stereocenters. The van der Waals surface area contributed by atoms with Gasteiger partial charge in [0.25, 0.3) is 0 Å². The van der Waals surface area contributed by atoms with Crippen LogP contribution in [0.1, 0.15) is 34.8 Å². The third kappa shape index (κ3) is 8.28. The molecule has 1 heterocycles. The lowest BCUT2D eigenvalue weighted by molar-refractivity contribution is -0.123. The Morgan fingerprint density at radius 1 is 1.00 bits per heavy atom. The van der Waals surface area contributed by atoms with Gasteiger partial charge >= 0.3 is 12.0 Å². The summed E-state index contributed by atoms with van der Waals surface area (Å²) in [7, 11) is 0. The van der Waals surface area contributed by atoms with Crippen LogP contribution in [0.3, 0.4) is 0 Å². The smallest absolute Gasteiger partial charge is 0.338 e. The van der Waals surface area contributed by atoms with Crippen LogP contribution in [0.25, 0.3) is 0 Å². The topological polar surface area (TPSA) is 120 Å². The van der Waals surface area contributed by atoms with E-state index in [1.807, 2.05) is 0 Å². The van der Waals surface area contributed by atoms with Gasteiger partial charge in [0.1, 0.15) is 17.6 Å². The molecule has 9 nitrogen and oxygen atoms in total. The zero-order chi connectivity index (χ0) is 28.5. The van der Waals surface area contributed by atoms with Crippen molar-refractivity contribution in [3.05, 3.63) is 95.3 Å². The number of rotatable bonds is 10. The third-order valence-electron chi connectivity index (χ3n) is 6.59. The van der Waals surface area contributed by atoms with E-state index in [9.17, 15) is 23.9 Å². The van der Waals surface area contributed by atoms with Crippen LogP contribution in [0.15, 0.2) is 72.8 Å². The second-order valence-electron chi connectivity index (χ2n) is 9.68. The monoisotopic (exact) mass is 548 g/mol. The van der Waals surface area contributed by atoms with E-state index in [2.05, 4.69) is 20.9 Å². The number of benzene rings is 3. The number of hydrogen-bond acceptors (Lipinski definition) is 6. The summed E-state index contributed by atoms with van der Waals surface area (Å²) in [6, 6.07) is 17.5. The summed E-state index contributed by atoms with van der Waals surface area (Å²) < 4.78 is 18.2.